The second-order valence-corrected chi connectivity index (χ2v) is 11.3. The van der Waals surface area contributed by atoms with Gasteiger partial charge in [-0.25, -0.2) is 0 Å². The standard InChI is InChI=1S/C30H34Cl2N2O2S/c1-21(2)17-33-30(36)28(16-23-8-5-4-6-9-23)34(18-25-26(31)10-7-11-27(25)32)29(35)20-37-19-24-14-12-22(3)13-15-24/h4-15,21,28H,16-20H2,1-3H3,(H,33,36). The van der Waals surface area contributed by atoms with E-state index >= 15 is 0 Å². The van der Waals surface area contributed by atoms with Gasteiger partial charge in [-0.1, -0.05) is 103 Å². The maximum absolute atomic E-state index is 13.7. The highest BCUT2D eigenvalue weighted by Gasteiger charge is 2.31. The maximum atomic E-state index is 13.7. The summed E-state index contributed by atoms with van der Waals surface area (Å²) >= 11 is 14.5. The van der Waals surface area contributed by atoms with E-state index in [0.717, 1.165) is 11.1 Å². The van der Waals surface area contributed by atoms with E-state index in [2.05, 4.69) is 36.5 Å². The first-order valence-electron chi connectivity index (χ1n) is 12.4. The van der Waals surface area contributed by atoms with Crippen LogP contribution in [0.25, 0.3) is 0 Å². The van der Waals surface area contributed by atoms with E-state index in [1.54, 1.807) is 23.1 Å². The van der Waals surface area contributed by atoms with Gasteiger partial charge in [-0.05, 0) is 36.1 Å². The molecule has 1 N–H and O–H groups in total. The molecule has 1 unspecified atom stereocenters. The van der Waals surface area contributed by atoms with Crippen molar-refractivity contribution in [3.8, 4) is 0 Å². The molecule has 0 fully saturated rings. The number of amides is 2. The Bertz CT molecular complexity index is 1150. The van der Waals surface area contributed by atoms with Gasteiger partial charge in [0.1, 0.15) is 6.04 Å². The fraction of sp³-hybridized carbons (Fsp3) is 0.333. The Kier molecular flexibility index (Phi) is 11.4. The molecule has 0 heterocycles. The number of nitrogens with zero attached hydrogens (tertiary/aromatic N) is 1. The van der Waals surface area contributed by atoms with Gasteiger partial charge in [-0.15, -0.1) is 11.8 Å². The highest BCUT2D eigenvalue weighted by atomic mass is 35.5. The molecule has 0 spiro atoms. The van der Waals surface area contributed by atoms with Crippen molar-refractivity contribution in [3.63, 3.8) is 0 Å². The van der Waals surface area contributed by atoms with Gasteiger partial charge in [-0.2, -0.15) is 0 Å². The molecule has 0 aliphatic rings. The van der Waals surface area contributed by atoms with Gasteiger partial charge in [-0.3, -0.25) is 9.59 Å². The summed E-state index contributed by atoms with van der Waals surface area (Å²) < 4.78 is 0. The third-order valence-corrected chi connectivity index (χ3v) is 7.66. The molecule has 1 atom stereocenters. The summed E-state index contributed by atoms with van der Waals surface area (Å²) in [6.07, 6.45) is 0.390. The van der Waals surface area contributed by atoms with Gasteiger partial charge in [0.15, 0.2) is 0 Å². The van der Waals surface area contributed by atoms with Crippen LogP contribution in [0.1, 0.15) is 36.1 Å². The minimum Gasteiger partial charge on any atom is -0.354 e. The van der Waals surface area contributed by atoms with E-state index in [1.807, 2.05) is 44.2 Å². The molecule has 3 aromatic carbocycles. The van der Waals surface area contributed by atoms with Crippen molar-refractivity contribution in [2.75, 3.05) is 12.3 Å². The van der Waals surface area contributed by atoms with Crippen LogP contribution in [0, 0.1) is 12.8 Å². The molecular formula is C30H34Cl2N2O2S. The van der Waals surface area contributed by atoms with E-state index in [4.69, 9.17) is 23.2 Å². The lowest BCUT2D eigenvalue weighted by molar-refractivity contribution is -0.139. The number of aryl methyl sites for hydroxylation is 1. The normalized spacial score (nSPS) is 11.8. The van der Waals surface area contributed by atoms with Gasteiger partial charge < -0.3 is 10.2 Å². The van der Waals surface area contributed by atoms with Gasteiger partial charge in [0, 0.05) is 40.9 Å². The average Bonchev–Trinajstić information content (AvgIpc) is 2.88. The second kappa shape index (κ2) is 14.5. The van der Waals surface area contributed by atoms with Crippen LogP contribution in [0.5, 0.6) is 0 Å². The van der Waals surface area contributed by atoms with Crippen LogP contribution >= 0.6 is 35.0 Å². The van der Waals surface area contributed by atoms with Crippen LogP contribution in [0.3, 0.4) is 0 Å². The molecule has 3 rings (SSSR count). The van der Waals surface area contributed by atoms with Crippen LogP contribution < -0.4 is 5.32 Å². The summed E-state index contributed by atoms with van der Waals surface area (Å²) in [7, 11) is 0. The molecule has 0 aliphatic heterocycles. The largest absolute Gasteiger partial charge is 0.354 e. The zero-order valence-corrected chi connectivity index (χ0v) is 23.9. The lowest BCUT2D eigenvalue weighted by Gasteiger charge is -2.32. The summed E-state index contributed by atoms with van der Waals surface area (Å²) in [6, 6.07) is 22.6. The van der Waals surface area contributed by atoms with E-state index in [9.17, 15) is 9.59 Å². The van der Waals surface area contributed by atoms with Crippen molar-refractivity contribution in [1.29, 1.82) is 0 Å². The molecule has 37 heavy (non-hydrogen) atoms. The van der Waals surface area contributed by atoms with Gasteiger partial charge in [0.05, 0.1) is 5.75 Å². The zero-order valence-electron chi connectivity index (χ0n) is 21.5. The van der Waals surface area contributed by atoms with Crippen molar-refractivity contribution >= 4 is 46.8 Å². The molecule has 0 aromatic heterocycles. The minimum absolute atomic E-state index is 0.131. The summed E-state index contributed by atoms with van der Waals surface area (Å²) in [5.74, 6) is 0.911. The molecule has 4 nitrogen and oxygen atoms in total. The Morgan fingerprint density at radius 2 is 1.54 bits per heavy atom. The summed E-state index contributed by atoms with van der Waals surface area (Å²) in [4.78, 5) is 28.9. The molecule has 0 saturated heterocycles. The van der Waals surface area contributed by atoms with Crippen LogP contribution in [0.2, 0.25) is 10.0 Å². The Labute approximate surface area is 234 Å². The quantitative estimate of drug-likeness (QED) is 0.262. The summed E-state index contributed by atoms with van der Waals surface area (Å²) in [6.45, 7) is 6.81. The highest BCUT2D eigenvalue weighted by Crippen LogP contribution is 2.28. The molecule has 3 aromatic rings. The van der Waals surface area contributed by atoms with Crippen molar-refractivity contribution in [2.24, 2.45) is 5.92 Å². The SMILES string of the molecule is Cc1ccc(CSCC(=O)N(Cc2c(Cl)cccc2Cl)C(Cc2ccccc2)C(=O)NCC(C)C)cc1. The smallest absolute Gasteiger partial charge is 0.243 e. The van der Waals surface area contributed by atoms with Gasteiger partial charge in [0.25, 0.3) is 0 Å². The molecule has 7 heteroatoms. The Balaban J connectivity index is 1.88. The second-order valence-electron chi connectivity index (χ2n) is 9.54. The van der Waals surface area contributed by atoms with Crippen molar-refractivity contribution in [2.45, 2.75) is 45.5 Å². The molecule has 0 aliphatic carbocycles. The van der Waals surface area contributed by atoms with Gasteiger partial charge >= 0.3 is 0 Å². The maximum Gasteiger partial charge on any atom is 0.243 e. The van der Waals surface area contributed by atoms with Crippen molar-refractivity contribution in [3.05, 3.63) is 105 Å². The number of thioether (sulfide) groups is 1. The first-order chi connectivity index (χ1) is 17.7. The number of rotatable bonds is 12. The third-order valence-electron chi connectivity index (χ3n) is 5.96. The number of hydrogen-bond acceptors (Lipinski definition) is 3. The number of carbonyl (C=O) groups is 2. The molecule has 196 valence electrons. The van der Waals surface area contributed by atoms with E-state index in [-0.39, 0.29) is 30.0 Å². The number of benzene rings is 3. The predicted octanol–water partition coefficient (Wildman–Crippen LogP) is 6.95. The van der Waals surface area contributed by atoms with Crippen LogP contribution in [-0.2, 0) is 28.3 Å². The number of carbonyl (C=O) groups excluding carboxylic acids is 2. The Morgan fingerprint density at radius 1 is 0.892 bits per heavy atom. The Hall–Kier alpha value is -2.47. The molecule has 0 bridgehead atoms. The first-order valence-corrected chi connectivity index (χ1v) is 14.3. The van der Waals surface area contributed by atoms with Crippen LogP contribution in [0.4, 0.5) is 0 Å². The Morgan fingerprint density at radius 3 is 2.16 bits per heavy atom. The summed E-state index contributed by atoms with van der Waals surface area (Å²) in [5.41, 5.74) is 3.96. The molecule has 0 radical (unpaired) electrons. The topological polar surface area (TPSA) is 49.4 Å². The lowest BCUT2D eigenvalue weighted by Crippen LogP contribution is -2.51. The fourth-order valence-corrected chi connectivity index (χ4v) is 5.24. The lowest BCUT2D eigenvalue weighted by atomic mass is 10.0. The minimum atomic E-state index is -0.707. The zero-order chi connectivity index (χ0) is 26.8. The van der Waals surface area contributed by atoms with Crippen molar-refractivity contribution < 1.29 is 9.59 Å². The highest BCUT2D eigenvalue weighted by molar-refractivity contribution is 7.99. The number of hydrogen-bond donors (Lipinski definition) is 1. The summed E-state index contributed by atoms with van der Waals surface area (Å²) in [5, 5.41) is 3.98. The predicted molar refractivity (Wildman–Crippen MR) is 156 cm³/mol. The first kappa shape index (κ1) is 29.1. The molecule has 0 saturated carbocycles. The molecule has 2 amide bonds. The van der Waals surface area contributed by atoms with E-state index in [0.29, 0.717) is 34.3 Å². The monoisotopic (exact) mass is 556 g/mol. The number of halogens is 2. The van der Waals surface area contributed by atoms with Crippen molar-refractivity contribution in [1.82, 2.24) is 10.2 Å². The van der Waals surface area contributed by atoms with E-state index < -0.39 is 6.04 Å². The van der Waals surface area contributed by atoms with Crippen LogP contribution in [-0.4, -0.2) is 35.1 Å². The third kappa shape index (κ3) is 9.10. The number of nitrogens with one attached hydrogen (secondary N) is 1. The average molecular weight is 558 g/mol. The van der Waals surface area contributed by atoms with Crippen LogP contribution in [0.15, 0.2) is 72.8 Å². The fourth-order valence-electron chi connectivity index (χ4n) is 3.85. The molecular weight excluding hydrogens is 523 g/mol. The van der Waals surface area contributed by atoms with E-state index in [1.165, 1.54) is 17.3 Å². The van der Waals surface area contributed by atoms with Gasteiger partial charge in [0.2, 0.25) is 11.8 Å².